The van der Waals surface area contributed by atoms with Gasteiger partial charge in [-0.25, -0.2) is 0 Å². The Morgan fingerprint density at radius 3 is 2.18 bits per heavy atom. The van der Waals surface area contributed by atoms with Crippen molar-refractivity contribution < 1.29 is 9.47 Å². The van der Waals surface area contributed by atoms with Gasteiger partial charge in [-0.05, 0) is 40.8 Å². The van der Waals surface area contributed by atoms with Gasteiger partial charge in [0.05, 0.1) is 14.2 Å². The third kappa shape index (κ3) is 5.92. The van der Waals surface area contributed by atoms with E-state index in [0.717, 1.165) is 55.6 Å². The minimum absolute atomic E-state index is 0.0619. The number of ether oxygens (including phenoxy) is 2. The Morgan fingerprint density at radius 2 is 1.71 bits per heavy atom. The lowest BCUT2D eigenvalue weighted by Gasteiger charge is -2.36. The molecule has 0 amide bonds. The topological polar surface area (TPSA) is 61.4 Å². The number of rotatable bonds is 7. The molecule has 1 fully saturated rings. The molecule has 2 N–H and O–H groups in total. The maximum Gasteiger partial charge on any atom is 0.191 e. The monoisotopic (exact) mass is 391 g/mol. The van der Waals surface area contributed by atoms with Gasteiger partial charge in [0.15, 0.2) is 5.96 Å². The lowest BCUT2D eigenvalue weighted by Crippen LogP contribution is -2.53. The van der Waals surface area contributed by atoms with Crippen molar-refractivity contribution in [2.24, 2.45) is 4.99 Å². The predicted molar refractivity (Wildman–Crippen MR) is 117 cm³/mol. The first-order valence-corrected chi connectivity index (χ1v) is 9.91. The second-order valence-electron chi connectivity index (χ2n) is 8.11. The second-order valence-corrected chi connectivity index (χ2v) is 8.11. The molecule has 0 aliphatic carbocycles. The Labute approximate surface area is 170 Å². The molecule has 0 radical (unpaired) electrons. The van der Waals surface area contributed by atoms with Gasteiger partial charge in [-0.2, -0.15) is 0 Å². The number of likely N-dealkylation sites (N-methyl/N-ethyl adjacent to an activating group) is 1. The standard InChI is InChI=1S/C21H37N5O2/c1-21(2,25(4)5)15-23-20(22-3)24-16-8-10-26(11-9-16)17-12-18(27-6)14-19(13-17)28-7/h12-14,16H,8-11,15H2,1-7H3,(H2,22,23,24). The molecule has 0 saturated carbocycles. The molecule has 28 heavy (non-hydrogen) atoms. The highest BCUT2D eigenvalue weighted by atomic mass is 16.5. The van der Waals surface area contributed by atoms with Crippen LogP contribution in [0.5, 0.6) is 11.5 Å². The van der Waals surface area contributed by atoms with Gasteiger partial charge < -0.3 is 29.9 Å². The molecule has 0 unspecified atom stereocenters. The van der Waals surface area contributed by atoms with E-state index in [9.17, 15) is 0 Å². The van der Waals surface area contributed by atoms with E-state index in [0.29, 0.717) is 6.04 Å². The lowest BCUT2D eigenvalue weighted by atomic mass is 10.0. The average Bonchev–Trinajstić information content (AvgIpc) is 2.70. The van der Waals surface area contributed by atoms with Crippen LogP contribution < -0.4 is 25.0 Å². The molecular weight excluding hydrogens is 354 g/mol. The third-order valence-corrected chi connectivity index (χ3v) is 5.66. The van der Waals surface area contributed by atoms with Gasteiger partial charge in [-0.15, -0.1) is 0 Å². The fourth-order valence-corrected chi connectivity index (χ4v) is 3.10. The fraction of sp³-hybridized carbons (Fsp3) is 0.667. The van der Waals surface area contributed by atoms with E-state index in [4.69, 9.17) is 9.47 Å². The first-order valence-electron chi connectivity index (χ1n) is 9.91. The summed E-state index contributed by atoms with van der Waals surface area (Å²) in [7, 11) is 9.40. The normalized spacial score (nSPS) is 16.3. The van der Waals surface area contributed by atoms with Crippen LogP contribution in [0.2, 0.25) is 0 Å². The third-order valence-electron chi connectivity index (χ3n) is 5.66. The number of benzene rings is 1. The van der Waals surface area contributed by atoms with Crippen molar-refractivity contribution in [2.75, 3.05) is 59.9 Å². The summed E-state index contributed by atoms with van der Waals surface area (Å²) in [6.45, 7) is 7.23. The molecule has 0 aromatic heterocycles. The molecule has 0 bridgehead atoms. The van der Waals surface area contributed by atoms with Crippen LogP contribution in [0.25, 0.3) is 0 Å². The first kappa shape index (κ1) is 22.1. The van der Waals surface area contributed by atoms with Gasteiger partial charge in [0.2, 0.25) is 0 Å². The quantitative estimate of drug-likeness (QED) is 0.549. The van der Waals surface area contributed by atoms with Gasteiger partial charge in [-0.3, -0.25) is 4.99 Å². The van der Waals surface area contributed by atoms with Gasteiger partial charge in [-0.1, -0.05) is 0 Å². The molecule has 2 rings (SSSR count). The number of guanidine groups is 1. The van der Waals surface area contributed by atoms with E-state index >= 15 is 0 Å². The van der Waals surface area contributed by atoms with Gasteiger partial charge in [0.25, 0.3) is 0 Å². The van der Waals surface area contributed by atoms with E-state index in [1.54, 1.807) is 14.2 Å². The molecule has 1 aromatic carbocycles. The van der Waals surface area contributed by atoms with Crippen LogP contribution in [0.15, 0.2) is 23.2 Å². The van der Waals surface area contributed by atoms with Crippen LogP contribution in [0, 0.1) is 0 Å². The van der Waals surface area contributed by atoms with Crippen LogP contribution >= 0.6 is 0 Å². The zero-order chi connectivity index (χ0) is 20.7. The smallest absolute Gasteiger partial charge is 0.191 e. The van der Waals surface area contributed by atoms with Crippen molar-refractivity contribution in [3.63, 3.8) is 0 Å². The summed E-state index contributed by atoms with van der Waals surface area (Å²) in [5.74, 6) is 2.52. The van der Waals surface area contributed by atoms with Crippen LogP contribution in [-0.4, -0.2) is 77.4 Å². The number of aliphatic imine (C=N–C) groups is 1. The Morgan fingerprint density at radius 1 is 1.14 bits per heavy atom. The minimum Gasteiger partial charge on any atom is -0.497 e. The average molecular weight is 392 g/mol. The summed E-state index contributed by atoms with van der Waals surface area (Å²) in [5, 5.41) is 7.04. The van der Waals surface area contributed by atoms with Gasteiger partial charge in [0.1, 0.15) is 11.5 Å². The molecule has 1 aliphatic rings. The van der Waals surface area contributed by atoms with Crippen LogP contribution in [-0.2, 0) is 0 Å². The summed E-state index contributed by atoms with van der Waals surface area (Å²) in [5.41, 5.74) is 1.21. The molecular formula is C21H37N5O2. The summed E-state index contributed by atoms with van der Waals surface area (Å²) in [6.07, 6.45) is 2.11. The number of nitrogens with one attached hydrogen (secondary N) is 2. The Hall–Kier alpha value is -2.15. The largest absolute Gasteiger partial charge is 0.497 e. The minimum atomic E-state index is 0.0619. The zero-order valence-electron chi connectivity index (χ0n) is 18.5. The second kappa shape index (κ2) is 9.87. The number of anilines is 1. The molecule has 7 heteroatoms. The zero-order valence-corrected chi connectivity index (χ0v) is 18.5. The van der Waals surface area contributed by atoms with Crippen molar-refractivity contribution in [1.29, 1.82) is 0 Å². The summed E-state index contributed by atoms with van der Waals surface area (Å²) < 4.78 is 10.8. The van der Waals surface area contributed by atoms with E-state index in [1.807, 2.05) is 13.1 Å². The lowest BCUT2D eigenvalue weighted by molar-refractivity contribution is 0.197. The molecule has 0 atom stereocenters. The van der Waals surface area contributed by atoms with E-state index in [1.165, 1.54) is 0 Å². The number of nitrogens with zero attached hydrogens (tertiary/aromatic N) is 3. The highest BCUT2D eigenvalue weighted by molar-refractivity contribution is 5.80. The van der Waals surface area contributed by atoms with Crippen molar-refractivity contribution in [1.82, 2.24) is 15.5 Å². The van der Waals surface area contributed by atoms with Crippen molar-refractivity contribution >= 4 is 11.6 Å². The highest BCUT2D eigenvalue weighted by Gasteiger charge is 2.23. The van der Waals surface area contributed by atoms with Crippen LogP contribution in [0.1, 0.15) is 26.7 Å². The number of hydrogen-bond donors (Lipinski definition) is 2. The van der Waals surface area contributed by atoms with E-state index in [2.05, 4.69) is 65.5 Å². The molecule has 7 nitrogen and oxygen atoms in total. The molecule has 158 valence electrons. The number of hydrogen-bond acceptors (Lipinski definition) is 5. The summed E-state index contributed by atoms with van der Waals surface area (Å²) in [4.78, 5) is 9.00. The predicted octanol–water partition coefficient (Wildman–Crippen LogP) is 2.18. The van der Waals surface area contributed by atoms with Gasteiger partial charge in [0, 0.05) is 62.1 Å². The molecule has 1 heterocycles. The molecule has 0 spiro atoms. The Balaban J connectivity index is 1.89. The summed E-state index contributed by atoms with van der Waals surface area (Å²) in [6, 6.07) is 6.46. The molecule has 1 saturated heterocycles. The SMILES string of the molecule is CN=C(NCC(C)(C)N(C)C)NC1CCN(c2cc(OC)cc(OC)c2)CC1. The van der Waals surface area contributed by atoms with Crippen LogP contribution in [0.3, 0.4) is 0 Å². The Kier molecular flexibility index (Phi) is 7.80. The molecule has 1 aromatic rings. The van der Waals surface area contributed by atoms with Crippen LogP contribution in [0.4, 0.5) is 5.69 Å². The molecule has 1 aliphatic heterocycles. The Bertz CT molecular complexity index is 630. The van der Waals surface area contributed by atoms with Crippen molar-refractivity contribution in [3.05, 3.63) is 18.2 Å². The summed E-state index contributed by atoms with van der Waals surface area (Å²) >= 11 is 0. The van der Waals surface area contributed by atoms with E-state index in [-0.39, 0.29) is 5.54 Å². The highest BCUT2D eigenvalue weighted by Crippen LogP contribution is 2.30. The number of methoxy groups -OCH3 is 2. The fourth-order valence-electron chi connectivity index (χ4n) is 3.10. The van der Waals surface area contributed by atoms with E-state index < -0.39 is 0 Å². The first-order chi connectivity index (χ1) is 13.3. The maximum atomic E-state index is 5.40. The van der Waals surface area contributed by atoms with Gasteiger partial charge >= 0.3 is 0 Å². The number of piperidine rings is 1. The van der Waals surface area contributed by atoms with Crippen molar-refractivity contribution in [2.45, 2.75) is 38.3 Å². The maximum absolute atomic E-state index is 5.40. The van der Waals surface area contributed by atoms with Crippen molar-refractivity contribution in [3.8, 4) is 11.5 Å².